The second kappa shape index (κ2) is 5.45. The van der Waals surface area contributed by atoms with Crippen LogP contribution in [0.4, 0.5) is 0 Å². The van der Waals surface area contributed by atoms with Crippen molar-refractivity contribution in [3.05, 3.63) is 0 Å². The van der Waals surface area contributed by atoms with E-state index in [1.165, 1.54) is 20.8 Å². The van der Waals surface area contributed by atoms with Crippen LogP contribution in [0.2, 0.25) is 0 Å². The van der Waals surface area contributed by atoms with Gasteiger partial charge in [-0.25, -0.2) is 4.79 Å². The number of carboxylic acid groups (broad SMARTS) is 1. The molecular formula is C9H17N3O4. The lowest BCUT2D eigenvalue weighted by Crippen LogP contribution is -2.56. The van der Waals surface area contributed by atoms with Crippen LogP contribution in [0.25, 0.3) is 0 Å². The van der Waals surface area contributed by atoms with Crippen molar-refractivity contribution in [1.82, 2.24) is 10.6 Å². The van der Waals surface area contributed by atoms with E-state index in [4.69, 9.17) is 10.8 Å². The van der Waals surface area contributed by atoms with Gasteiger partial charge < -0.3 is 21.5 Å². The summed E-state index contributed by atoms with van der Waals surface area (Å²) in [6.07, 6.45) is 0. The average Bonchev–Trinajstić information content (AvgIpc) is 2.10. The van der Waals surface area contributed by atoms with Crippen molar-refractivity contribution in [2.75, 3.05) is 6.54 Å². The Balaban J connectivity index is 4.38. The van der Waals surface area contributed by atoms with Crippen molar-refractivity contribution in [3.63, 3.8) is 0 Å². The van der Waals surface area contributed by atoms with E-state index in [1.807, 2.05) is 0 Å². The zero-order valence-electron chi connectivity index (χ0n) is 9.53. The second-order valence-electron chi connectivity index (χ2n) is 3.96. The van der Waals surface area contributed by atoms with Gasteiger partial charge in [0.1, 0.15) is 6.04 Å². The molecule has 0 aliphatic carbocycles. The summed E-state index contributed by atoms with van der Waals surface area (Å²) in [5, 5.41) is 13.7. The third kappa shape index (κ3) is 4.74. The lowest BCUT2D eigenvalue weighted by atomic mass is 10.0. The highest BCUT2D eigenvalue weighted by Crippen LogP contribution is 2.00. The smallest absolute Gasteiger partial charge is 0.327 e. The number of hydrogen-bond donors (Lipinski definition) is 4. The number of hydrogen-bond acceptors (Lipinski definition) is 4. The zero-order chi connectivity index (χ0) is 12.9. The molecule has 7 heteroatoms. The zero-order valence-corrected chi connectivity index (χ0v) is 9.53. The number of carbonyl (C=O) groups excluding carboxylic acids is 2. The first kappa shape index (κ1) is 14.4. The van der Waals surface area contributed by atoms with Crippen LogP contribution in [0.15, 0.2) is 0 Å². The number of amides is 2. The molecule has 0 heterocycles. The Hall–Kier alpha value is -1.63. The lowest BCUT2D eigenvalue weighted by molar-refractivity contribution is -0.141. The van der Waals surface area contributed by atoms with Crippen molar-refractivity contribution >= 4 is 17.8 Å². The van der Waals surface area contributed by atoms with Crippen LogP contribution in [0.5, 0.6) is 0 Å². The van der Waals surface area contributed by atoms with Gasteiger partial charge in [-0.1, -0.05) is 0 Å². The van der Waals surface area contributed by atoms with Gasteiger partial charge in [0, 0.05) is 13.5 Å². The van der Waals surface area contributed by atoms with E-state index in [-0.39, 0.29) is 6.54 Å². The average molecular weight is 231 g/mol. The van der Waals surface area contributed by atoms with Gasteiger partial charge in [-0.3, -0.25) is 9.59 Å². The van der Waals surface area contributed by atoms with Crippen molar-refractivity contribution in [1.29, 1.82) is 0 Å². The summed E-state index contributed by atoms with van der Waals surface area (Å²) in [5.74, 6) is -2.23. The summed E-state index contributed by atoms with van der Waals surface area (Å²) in [4.78, 5) is 32.4. The van der Waals surface area contributed by atoms with Gasteiger partial charge in [-0.2, -0.15) is 0 Å². The summed E-state index contributed by atoms with van der Waals surface area (Å²) in [7, 11) is 0. The van der Waals surface area contributed by atoms with Gasteiger partial charge in [0.25, 0.3) is 0 Å². The molecule has 0 aromatic rings. The predicted molar refractivity (Wildman–Crippen MR) is 56.5 cm³/mol. The van der Waals surface area contributed by atoms with Crippen LogP contribution in [-0.4, -0.2) is 41.0 Å². The molecule has 0 spiro atoms. The number of rotatable bonds is 6. The SMILES string of the molecule is CC(=O)NC(CNC(C)(C)C(N)=O)C(=O)O. The number of nitrogens with one attached hydrogen (secondary N) is 2. The molecule has 0 aromatic heterocycles. The number of carbonyl (C=O) groups is 3. The van der Waals surface area contributed by atoms with E-state index < -0.39 is 29.4 Å². The Bertz CT molecular complexity index is 301. The van der Waals surface area contributed by atoms with Crippen molar-refractivity contribution in [2.24, 2.45) is 5.73 Å². The molecule has 92 valence electrons. The number of primary amides is 1. The van der Waals surface area contributed by atoms with Gasteiger partial charge in [0.05, 0.1) is 5.54 Å². The quantitative estimate of drug-likeness (QED) is 0.440. The minimum absolute atomic E-state index is 0.0785. The topological polar surface area (TPSA) is 122 Å². The number of carboxylic acids is 1. The van der Waals surface area contributed by atoms with Crippen LogP contribution in [0, 0.1) is 0 Å². The van der Waals surface area contributed by atoms with E-state index in [0.717, 1.165) is 0 Å². The number of nitrogens with two attached hydrogens (primary N) is 1. The van der Waals surface area contributed by atoms with Gasteiger partial charge in [-0.05, 0) is 13.8 Å². The van der Waals surface area contributed by atoms with Crippen LogP contribution < -0.4 is 16.4 Å². The molecule has 0 aliphatic rings. The molecule has 16 heavy (non-hydrogen) atoms. The fraction of sp³-hybridized carbons (Fsp3) is 0.667. The monoisotopic (exact) mass is 231 g/mol. The minimum atomic E-state index is -1.18. The van der Waals surface area contributed by atoms with Crippen LogP contribution in [0.1, 0.15) is 20.8 Å². The lowest BCUT2D eigenvalue weighted by Gasteiger charge is -2.24. The highest BCUT2D eigenvalue weighted by atomic mass is 16.4. The first-order valence-corrected chi connectivity index (χ1v) is 4.71. The first-order chi connectivity index (χ1) is 7.16. The Morgan fingerprint density at radius 3 is 2.19 bits per heavy atom. The molecule has 5 N–H and O–H groups in total. The third-order valence-corrected chi connectivity index (χ3v) is 2.04. The molecule has 0 fully saturated rings. The molecule has 0 bridgehead atoms. The van der Waals surface area contributed by atoms with Crippen molar-refractivity contribution in [2.45, 2.75) is 32.4 Å². The summed E-state index contributed by atoms with van der Waals surface area (Å²) >= 11 is 0. The van der Waals surface area contributed by atoms with Crippen LogP contribution >= 0.6 is 0 Å². The Labute approximate surface area is 93.4 Å². The summed E-state index contributed by atoms with van der Waals surface area (Å²) in [5.41, 5.74) is 4.08. The maximum atomic E-state index is 11.0. The maximum Gasteiger partial charge on any atom is 0.327 e. The molecule has 0 aliphatic heterocycles. The van der Waals surface area contributed by atoms with Gasteiger partial charge in [0.15, 0.2) is 0 Å². The van der Waals surface area contributed by atoms with E-state index in [1.54, 1.807) is 0 Å². The standard InChI is InChI=1S/C9H17N3O4/c1-5(13)12-6(7(14)15)4-11-9(2,3)8(10)16/h6,11H,4H2,1-3H3,(H2,10,16)(H,12,13)(H,14,15). The van der Waals surface area contributed by atoms with Gasteiger partial charge in [-0.15, -0.1) is 0 Å². The molecule has 7 nitrogen and oxygen atoms in total. The molecule has 0 saturated heterocycles. The van der Waals surface area contributed by atoms with Crippen molar-refractivity contribution in [3.8, 4) is 0 Å². The first-order valence-electron chi connectivity index (χ1n) is 4.71. The summed E-state index contributed by atoms with van der Waals surface area (Å²) in [6.45, 7) is 4.20. The molecule has 1 unspecified atom stereocenters. The van der Waals surface area contributed by atoms with E-state index in [2.05, 4.69) is 10.6 Å². The predicted octanol–water partition coefficient (Wildman–Crippen LogP) is -1.57. The Morgan fingerprint density at radius 1 is 1.38 bits per heavy atom. The third-order valence-electron chi connectivity index (χ3n) is 2.04. The minimum Gasteiger partial charge on any atom is -0.480 e. The molecule has 2 amide bonds. The molecule has 0 aromatic carbocycles. The van der Waals surface area contributed by atoms with Gasteiger partial charge >= 0.3 is 5.97 Å². The maximum absolute atomic E-state index is 11.0. The summed E-state index contributed by atoms with van der Waals surface area (Å²) < 4.78 is 0. The number of aliphatic carboxylic acids is 1. The molecule has 1 atom stereocenters. The molecular weight excluding hydrogens is 214 g/mol. The van der Waals surface area contributed by atoms with Gasteiger partial charge in [0.2, 0.25) is 11.8 Å². The van der Waals surface area contributed by atoms with Crippen LogP contribution in [0.3, 0.4) is 0 Å². The van der Waals surface area contributed by atoms with Crippen molar-refractivity contribution < 1.29 is 19.5 Å². The normalized spacial score (nSPS) is 12.9. The fourth-order valence-corrected chi connectivity index (χ4v) is 0.890. The molecule has 0 saturated carbocycles. The van der Waals surface area contributed by atoms with E-state index in [0.29, 0.717) is 0 Å². The summed E-state index contributed by atoms with van der Waals surface area (Å²) in [6, 6.07) is -1.09. The Morgan fingerprint density at radius 2 is 1.88 bits per heavy atom. The molecule has 0 radical (unpaired) electrons. The highest BCUT2D eigenvalue weighted by Gasteiger charge is 2.27. The largest absolute Gasteiger partial charge is 0.480 e. The fourth-order valence-electron chi connectivity index (χ4n) is 0.890. The van der Waals surface area contributed by atoms with E-state index in [9.17, 15) is 14.4 Å². The Kier molecular flexibility index (Phi) is 4.90. The second-order valence-corrected chi connectivity index (χ2v) is 3.96. The van der Waals surface area contributed by atoms with E-state index >= 15 is 0 Å². The molecule has 0 rings (SSSR count). The van der Waals surface area contributed by atoms with Crippen LogP contribution in [-0.2, 0) is 14.4 Å². The highest BCUT2D eigenvalue weighted by molar-refractivity contribution is 5.84.